The van der Waals surface area contributed by atoms with Crippen molar-refractivity contribution in [3.8, 4) is 16.5 Å². The Bertz CT molecular complexity index is 556. The first-order chi connectivity index (χ1) is 9.38. The number of hydrogen-bond donors (Lipinski definition) is 0. The second-order valence-corrected chi connectivity index (χ2v) is 6.20. The summed E-state index contributed by atoms with van der Waals surface area (Å²) in [5.41, 5.74) is 2.44. The number of rotatable bonds is 3. The molecule has 1 fully saturated rings. The summed E-state index contributed by atoms with van der Waals surface area (Å²) in [5, 5.41) is 11.5. The number of hydrogen-bond acceptors (Lipinski definition) is 2. The van der Waals surface area contributed by atoms with E-state index in [4.69, 9.17) is 0 Å². The number of nitriles is 1. The lowest BCUT2D eigenvalue weighted by Crippen LogP contribution is -2.07. The summed E-state index contributed by atoms with van der Waals surface area (Å²) in [6, 6.07) is 15.3. The molecule has 3 rings (SSSR count). The van der Waals surface area contributed by atoms with Crippen molar-refractivity contribution in [2.75, 3.05) is 0 Å². The van der Waals surface area contributed by atoms with Gasteiger partial charge in [0.15, 0.2) is 0 Å². The van der Waals surface area contributed by atoms with Crippen molar-refractivity contribution in [1.29, 1.82) is 5.26 Å². The van der Waals surface area contributed by atoms with Crippen LogP contribution in [-0.4, -0.2) is 0 Å². The Morgan fingerprint density at radius 2 is 1.84 bits per heavy atom. The molecule has 1 aliphatic rings. The molecule has 0 N–H and O–H groups in total. The van der Waals surface area contributed by atoms with Gasteiger partial charge in [0.25, 0.3) is 0 Å². The molecule has 1 unspecified atom stereocenters. The van der Waals surface area contributed by atoms with E-state index >= 15 is 0 Å². The maximum Gasteiger partial charge on any atom is 0.0740 e. The highest BCUT2D eigenvalue weighted by Crippen LogP contribution is 2.37. The van der Waals surface area contributed by atoms with Crippen LogP contribution < -0.4 is 0 Å². The van der Waals surface area contributed by atoms with Gasteiger partial charge in [0.05, 0.1) is 12.0 Å². The highest BCUT2D eigenvalue weighted by Gasteiger charge is 2.26. The van der Waals surface area contributed by atoms with E-state index in [0.29, 0.717) is 5.92 Å². The first kappa shape index (κ1) is 12.4. The van der Waals surface area contributed by atoms with Crippen LogP contribution in [0.4, 0.5) is 0 Å². The van der Waals surface area contributed by atoms with Gasteiger partial charge in [-0.25, -0.2) is 0 Å². The van der Waals surface area contributed by atoms with Gasteiger partial charge in [-0.3, -0.25) is 0 Å². The summed E-state index contributed by atoms with van der Waals surface area (Å²) in [6.45, 7) is 0. The Labute approximate surface area is 118 Å². The first-order valence-corrected chi connectivity index (χ1v) is 7.80. The second kappa shape index (κ2) is 5.59. The summed E-state index contributed by atoms with van der Waals surface area (Å²) < 4.78 is 0. The third-order valence-electron chi connectivity index (χ3n) is 4.09. The van der Waals surface area contributed by atoms with E-state index in [1.807, 2.05) is 0 Å². The quantitative estimate of drug-likeness (QED) is 0.748. The zero-order valence-corrected chi connectivity index (χ0v) is 11.7. The van der Waals surface area contributed by atoms with Gasteiger partial charge in [0.2, 0.25) is 0 Å². The molecule has 1 aromatic heterocycles. The van der Waals surface area contributed by atoms with Gasteiger partial charge in [-0.05, 0) is 41.3 Å². The molecular weight excluding hydrogens is 250 g/mol. The lowest BCUT2D eigenvalue weighted by atomic mass is 9.86. The molecule has 1 aromatic carbocycles. The molecule has 19 heavy (non-hydrogen) atoms. The molecule has 1 atom stereocenters. The van der Waals surface area contributed by atoms with Crippen LogP contribution in [0.25, 0.3) is 10.4 Å². The van der Waals surface area contributed by atoms with E-state index < -0.39 is 0 Å². The topological polar surface area (TPSA) is 23.8 Å². The van der Waals surface area contributed by atoms with Gasteiger partial charge in [-0.15, -0.1) is 11.3 Å². The van der Waals surface area contributed by atoms with Crippen LogP contribution in [0.1, 0.15) is 37.2 Å². The summed E-state index contributed by atoms with van der Waals surface area (Å²) >= 11 is 1.76. The maximum absolute atomic E-state index is 9.45. The zero-order valence-electron chi connectivity index (χ0n) is 10.9. The molecule has 0 amide bonds. The molecule has 2 aromatic rings. The Morgan fingerprint density at radius 1 is 1.11 bits per heavy atom. The van der Waals surface area contributed by atoms with Crippen LogP contribution in [0.15, 0.2) is 41.8 Å². The fourth-order valence-corrected chi connectivity index (χ4v) is 3.77. The molecule has 1 heterocycles. The van der Waals surface area contributed by atoms with E-state index in [2.05, 4.69) is 47.8 Å². The summed E-state index contributed by atoms with van der Waals surface area (Å²) in [7, 11) is 0. The van der Waals surface area contributed by atoms with E-state index in [9.17, 15) is 5.26 Å². The van der Waals surface area contributed by atoms with E-state index in [-0.39, 0.29) is 5.92 Å². The highest BCUT2D eigenvalue weighted by atomic mass is 32.1. The largest absolute Gasteiger partial charge is 0.198 e. The van der Waals surface area contributed by atoms with Crippen molar-refractivity contribution >= 4 is 11.3 Å². The molecule has 0 radical (unpaired) electrons. The average molecular weight is 267 g/mol. The van der Waals surface area contributed by atoms with Crippen LogP contribution in [0.5, 0.6) is 0 Å². The Morgan fingerprint density at radius 3 is 2.42 bits per heavy atom. The van der Waals surface area contributed by atoms with Gasteiger partial charge in [0, 0.05) is 4.88 Å². The number of nitrogens with zero attached hydrogens (tertiary/aromatic N) is 1. The van der Waals surface area contributed by atoms with Gasteiger partial charge in [-0.1, -0.05) is 43.2 Å². The van der Waals surface area contributed by atoms with Gasteiger partial charge in [-0.2, -0.15) is 5.26 Å². The predicted octanol–water partition coefficient (Wildman–Crippen LogP) is 5.21. The molecule has 0 spiro atoms. The lowest BCUT2D eigenvalue weighted by molar-refractivity contribution is 0.501. The molecule has 1 aliphatic carbocycles. The highest BCUT2D eigenvalue weighted by molar-refractivity contribution is 7.13. The second-order valence-electron chi connectivity index (χ2n) is 5.25. The Hall–Kier alpha value is -1.59. The lowest BCUT2D eigenvalue weighted by Gasteiger charge is -2.16. The molecule has 1 nitrogen and oxygen atoms in total. The summed E-state index contributed by atoms with van der Waals surface area (Å²) in [4.78, 5) is 1.29. The van der Waals surface area contributed by atoms with E-state index in [1.54, 1.807) is 11.3 Å². The standard InChI is InChI=1S/C17H17NS/c18-12-16(13-4-1-2-5-13)14-7-9-15(10-8-14)17-6-3-11-19-17/h3,6-11,13,16H,1-2,4-5H2. The van der Waals surface area contributed by atoms with Gasteiger partial charge >= 0.3 is 0 Å². The van der Waals surface area contributed by atoms with Crippen molar-refractivity contribution in [2.24, 2.45) is 5.92 Å². The van der Waals surface area contributed by atoms with Crippen molar-refractivity contribution in [2.45, 2.75) is 31.6 Å². The molecule has 2 heteroatoms. The first-order valence-electron chi connectivity index (χ1n) is 6.92. The molecule has 1 saturated carbocycles. The molecule has 0 aliphatic heterocycles. The summed E-state index contributed by atoms with van der Waals surface area (Å²) in [5.74, 6) is 0.650. The van der Waals surface area contributed by atoms with Crippen molar-refractivity contribution in [1.82, 2.24) is 0 Å². The van der Waals surface area contributed by atoms with Crippen molar-refractivity contribution < 1.29 is 0 Å². The van der Waals surface area contributed by atoms with Gasteiger partial charge in [0.1, 0.15) is 0 Å². The molecule has 96 valence electrons. The predicted molar refractivity (Wildman–Crippen MR) is 80.1 cm³/mol. The third-order valence-corrected chi connectivity index (χ3v) is 5.00. The van der Waals surface area contributed by atoms with Crippen molar-refractivity contribution in [3.63, 3.8) is 0 Å². The Balaban J connectivity index is 1.83. The third kappa shape index (κ3) is 2.57. The zero-order chi connectivity index (χ0) is 13.1. The van der Waals surface area contributed by atoms with Crippen LogP contribution in [-0.2, 0) is 0 Å². The minimum absolute atomic E-state index is 0.0832. The number of benzene rings is 1. The average Bonchev–Trinajstić information content (AvgIpc) is 3.14. The Kier molecular flexibility index (Phi) is 3.66. The van der Waals surface area contributed by atoms with E-state index in [1.165, 1.54) is 41.7 Å². The maximum atomic E-state index is 9.45. The van der Waals surface area contributed by atoms with Crippen LogP contribution in [0.2, 0.25) is 0 Å². The fraction of sp³-hybridized carbons (Fsp3) is 0.353. The fourth-order valence-electron chi connectivity index (χ4n) is 3.04. The van der Waals surface area contributed by atoms with Crippen molar-refractivity contribution in [3.05, 3.63) is 47.3 Å². The normalized spacial score (nSPS) is 17.2. The monoisotopic (exact) mass is 267 g/mol. The summed E-state index contributed by atoms with van der Waals surface area (Å²) in [6.07, 6.45) is 5.00. The SMILES string of the molecule is N#CC(c1ccc(-c2cccs2)cc1)C1CCCC1. The molecule has 0 saturated heterocycles. The minimum Gasteiger partial charge on any atom is -0.198 e. The van der Waals surface area contributed by atoms with Crippen LogP contribution in [0.3, 0.4) is 0 Å². The van der Waals surface area contributed by atoms with Gasteiger partial charge < -0.3 is 0 Å². The molecular formula is C17H17NS. The number of thiophene rings is 1. The smallest absolute Gasteiger partial charge is 0.0740 e. The van der Waals surface area contributed by atoms with E-state index in [0.717, 1.165) is 0 Å². The minimum atomic E-state index is 0.0832. The van der Waals surface area contributed by atoms with Crippen LogP contribution >= 0.6 is 11.3 Å². The molecule has 0 bridgehead atoms. The van der Waals surface area contributed by atoms with Crippen LogP contribution in [0, 0.1) is 17.2 Å².